The molecule has 0 bridgehead atoms. The molecule has 2 N–H and O–H groups in total. The molecular formula is C26H29FN4O4. The third kappa shape index (κ3) is 4.14. The number of carbonyl (C=O) groups excluding carboxylic acids is 3. The number of rotatable bonds is 4. The third-order valence-electron chi connectivity index (χ3n) is 7.38. The number of benzene rings is 2. The lowest BCUT2D eigenvalue weighted by Crippen LogP contribution is -2.56. The van der Waals surface area contributed by atoms with Crippen molar-refractivity contribution in [1.82, 2.24) is 15.1 Å². The fourth-order valence-electron chi connectivity index (χ4n) is 5.65. The Hall–Kier alpha value is -3.46. The predicted molar refractivity (Wildman–Crippen MR) is 127 cm³/mol. The summed E-state index contributed by atoms with van der Waals surface area (Å²) in [4.78, 5) is 41.8. The van der Waals surface area contributed by atoms with E-state index in [1.54, 1.807) is 36.2 Å². The number of likely N-dealkylation sites (tertiary alicyclic amines) is 1. The first kappa shape index (κ1) is 23.3. The fourth-order valence-corrected chi connectivity index (χ4v) is 5.65. The van der Waals surface area contributed by atoms with Gasteiger partial charge in [0.1, 0.15) is 19.1 Å². The average Bonchev–Trinajstić information content (AvgIpc) is 3.48. The van der Waals surface area contributed by atoms with Gasteiger partial charge in [-0.25, -0.2) is 9.18 Å². The van der Waals surface area contributed by atoms with Crippen LogP contribution in [0.4, 0.5) is 14.9 Å². The molecule has 0 saturated carbocycles. The Morgan fingerprint density at radius 2 is 2.06 bits per heavy atom. The summed E-state index contributed by atoms with van der Waals surface area (Å²) < 4.78 is 20.3. The van der Waals surface area contributed by atoms with Crippen LogP contribution in [0.3, 0.4) is 0 Å². The van der Waals surface area contributed by atoms with Crippen molar-refractivity contribution in [2.45, 2.75) is 37.1 Å². The normalized spacial score (nSPS) is 23.5. The number of nitrogens with zero attached hydrogens (tertiary/aromatic N) is 2. The second-order valence-corrected chi connectivity index (χ2v) is 9.41. The smallest absolute Gasteiger partial charge is 0.318 e. The molecule has 4 amide bonds. The molecule has 2 aromatic rings. The van der Waals surface area contributed by atoms with E-state index in [0.29, 0.717) is 37.1 Å². The van der Waals surface area contributed by atoms with Crippen LogP contribution in [0.1, 0.15) is 42.0 Å². The summed E-state index contributed by atoms with van der Waals surface area (Å²) in [6, 6.07) is 11.5. The topological polar surface area (TPSA) is 91.0 Å². The minimum atomic E-state index is -0.838. The number of amides is 4. The maximum atomic E-state index is 14.4. The van der Waals surface area contributed by atoms with Gasteiger partial charge in [0.15, 0.2) is 0 Å². The molecule has 0 aromatic heterocycles. The molecule has 0 radical (unpaired) electrons. The minimum absolute atomic E-state index is 0.0518. The zero-order valence-corrected chi connectivity index (χ0v) is 19.7. The first-order valence-corrected chi connectivity index (χ1v) is 12.0. The van der Waals surface area contributed by atoms with Gasteiger partial charge in [0.25, 0.3) is 0 Å². The molecule has 2 fully saturated rings. The standard InChI is InChI=1S/C26H29FN4O4/c1-28-25(34)29-18-8-9-20-17(13-18)10-11-26(20)15-35-16-30(24(26)33)14-23(32)31-12-4-7-22(31)19-5-2-3-6-21(19)27/h2-3,5-6,8-9,13,22H,4,7,10-12,14-16H2,1H3,(H2,28,29,34)/t22?,26-/m1/s1. The molecule has 1 unspecified atom stereocenters. The van der Waals surface area contributed by atoms with E-state index in [1.807, 2.05) is 12.1 Å². The maximum absolute atomic E-state index is 14.4. The lowest BCUT2D eigenvalue weighted by atomic mass is 9.80. The molecule has 2 aromatic carbocycles. The van der Waals surface area contributed by atoms with E-state index >= 15 is 0 Å². The third-order valence-corrected chi connectivity index (χ3v) is 7.38. The Morgan fingerprint density at radius 1 is 1.23 bits per heavy atom. The lowest BCUT2D eigenvalue weighted by Gasteiger charge is -2.40. The average molecular weight is 481 g/mol. The number of hydrogen-bond acceptors (Lipinski definition) is 4. The van der Waals surface area contributed by atoms with Gasteiger partial charge in [-0.05, 0) is 55.0 Å². The van der Waals surface area contributed by atoms with E-state index in [9.17, 15) is 18.8 Å². The van der Waals surface area contributed by atoms with Gasteiger partial charge in [0.2, 0.25) is 11.8 Å². The summed E-state index contributed by atoms with van der Waals surface area (Å²) in [5.74, 6) is -0.640. The molecule has 9 heteroatoms. The van der Waals surface area contributed by atoms with E-state index in [-0.39, 0.29) is 49.6 Å². The number of fused-ring (bicyclic) bond motifs is 2. The Bertz CT molecular complexity index is 1170. The van der Waals surface area contributed by atoms with Gasteiger partial charge in [-0.15, -0.1) is 0 Å². The van der Waals surface area contributed by atoms with Gasteiger partial charge in [0.05, 0.1) is 18.1 Å². The summed E-state index contributed by atoms with van der Waals surface area (Å²) in [6.07, 6.45) is 2.74. The Morgan fingerprint density at radius 3 is 2.86 bits per heavy atom. The number of halogens is 1. The van der Waals surface area contributed by atoms with Gasteiger partial charge in [0, 0.05) is 24.8 Å². The first-order valence-electron chi connectivity index (χ1n) is 12.0. The number of anilines is 1. The highest BCUT2D eigenvalue weighted by molar-refractivity contribution is 5.94. The second kappa shape index (κ2) is 9.30. The molecule has 5 rings (SSSR count). The minimum Gasteiger partial charge on any atom is -0.360 e. The van der Waals surface area contributed by atoms with Crippen LogP contribution in [0.25, 0.3) is 0 Å². The second-order valence-electron chi connectivity index (χ2n) is 9.41. The van der Waals surface area contributed by atoms with Crippen LogP contribution in [-0.4, -0.2) is 61.1 Å². The number of hydrogen-bond donors (Lipinski definition) is 2. The van der Waals surface area contributed by atoms with Crippen LogP contribution in [0.5, 0.6) is 0 Å². The van der Waals surface area contributed by atoms with Crippen molar-refractivity contribution in [3.05, 3.63) is 65.0 Å². The highest BCUT2D eigenvalue weighted by Crippen LogP contribution is 2.43. The maximum Gasteiger partial charge on any atom is 0.318 e. The van der Waals surface area contributed by atoms with Crippen molar-refractivity contribution < 1.29 is 23.5 Å². The summed E-state index contributed by atoms with van der Waals surface area (Å²) >= 11 is 0. The number of aryl methyl sites for hydroxylation is 1. The molecule has 2 heterocycles. The lowest BCUT2D eigenvalue weighted by molar-refractivity contribution is -0.162. The summed E-state index contributed by atoms with van der Waals surface area (Å²) in [5, 5.41) is 5.28. The van der Waals surface area contributed by atoms with Crippen LogP contribution in [0, 0.1) is 5.82 Å². The summed E-state index contributed by atoms with van der Waals surface area (Å²) in [5.41, 5.74) is 2.21. The predicted octanol–water partition coefficient (Wildman–Crippen LogP) is 2.94. The molecule has 2 aliphatic heterocycles. The van der Waals surface area contributed by atoms with Crippen LogP contribution in [-0.2, 0) is 26.2 Å². The SMILES string of the molecule is CNC(=O)Nc1ccc2c(c1)CC[C@@]21COCN(CC(=O)N2CCCC2c2ccccc2F)C1=O. The molecule has 35 heavy (non-hydrogen) atoms. The molecule has 3 aliphatic rings. The number of carbonyl (C=O) groups is 3. The van der Waals surface area contributed by atoms with Gasteiger partial charge in [-0.1, -0.05) is 24.3 Å². The fraction of sp³-hybridized carbons (Fsp3) is 0.423. The van der Waals surface area contributed by atoms with Crippen LogP contribution >= 0.6 is 0 Å². The molecule has 2 saturated heterocycles. The largest absolute Gasteiger partial charge is 0.360 e. The molecular weight excluding hydrogens is 451 g/mol. The van der Waals surface area contributed by atoms with Gasteiger partial charge in [-0.3, -0.25) is 9.59 Å². The van der Waals surface area contributed by atoms with E-state index < -0.39 is 5.41 Å². The molecule has 184 valence electrons. The summed E-state index contributed by atoms with van der Waals surface area (Å²) in [6.45, 7) is 0.747. The number of urea groups is 1. The molecule has 1 spiro atoms. The number of nitrogens with one attached hydrogen (secondary N) is 2. The Labute approximate surface area is 203 Å². The monoisotopic (exact) mass is 480 g/mol. The van der Waals surface area contributed by atoms with Crippen molar-refractivity contribution in [1.29, 1.82) is 0 Å². The van der Waals surface area contributed by atoms with E-state index in [0.717, 1.165) is 17.5 Å². The first-order chi connectivity index (χ1) is 16.9. The van der Waals surface area contributed by atoms with Crippen LogP contribution in [0.15, 0.2) is 42.5 Å². The van der Waals surface area contributed by atoms with Crippen molar-refractivity contribution in [2.75, 3.05) is 38.8 Å². The van der Waals surface area contributed by atoms with Gasteiger partial charge >= 0.3 is 6.03 Å². The summed E-state index contributed by atoms with van der Waals surface area (Å²) in [7, 11) is 1.55. The van der Waals surface area contributed by atoms with Crippen LogP contribution < -0.4 is 10.6 Å². The quantitative estimate of drug-likeness (QED) is 0.704. The molecule has 8 nitrogen and oxygen atoms in total. The van der Waals surface area contributed by atoms with Gasteiger partial charge < -0.3 is 25.2 Å². The Kier molecular flexibility index (Phi) is 6.19. The highest BCUT2D eigenvalue weighted by Gasteiger charge is 2.50. The highest BCUT2D eigenvalue weighted by atomic mass is 19.1. The molecule has 1 aliphatic carbocycles. The van der Waals surface area contributed by atoms with Gasteiger partial charge in [-0.2, -0.15) is 0 Å². The van der Waals surface area contributed by atoms with Crippen molar-refractivity contribution in [3.8, 4) is 0 Å². The molecule has 2 atom stereocenters. The van der Waals surface area contributed by atoms with E-state index in [4.69, 9.17) is 4.74 Å². The van der Waals surface area contributed by atoms with Crippen LogP contribution in [0.2, 0.25) is 0 Å². The number of ether oxygens (including phenoxy) is 1. The van der Waals surface area contributed by atoms with Crippen molar-refractivity contribution >= 4 is 23.5 Å². The zero-order chi connectivity index (χ0) is 24.6. The van der Waals surface area contributed by atoms with E-state index in [2.05, 4.69) is 10.6 Å². The van der Waals surface area contributed by atoms with Crippen molar-refractivity contribution in [3.63, 3.8) is 0 Å². The Balaban J connectivity index is 1.33. The van der Waals surface area contributed by atoms with Crippen molar-refractivity contribution in [2.24, 2.45) is 0 Å². The van der Waals surface area contributed by atoms with E-state index in [1.165, 1.54) is 11.0 Å². The zero-order valence-electron chi connectivity index (χ0n) is 19.7.